The van der Waals surface area contributed by atoms with Crippen molar-refractivity contribution in [1.82, 2.24) is 14.5 Å². The van der Waals surface area contributed by atoms with Gasteiger partial charge in [0.05, 0.1) is 23.7 Å². The molecule has 0 aliphatic heterocycles. The molecule has 3 rings (SSSR count). The predicted octanol–water partition coefficient (Wildman–Crippen LogP) is 4.37. The summed E-state index contributed by atoms with van der Waals surface area (Å²) in [5, 5.41) is 12.1. The smallest absolute Gasteiger partial charge is 0.124 e. The summed E-state index contributed by atoms with van der Waals surface area (Å²) < 4.78 is 2.31. The van der Waals surface area contributed by atoms with Gasteiger partial charge in [-0.25, -0.2) is 4.98 Å². The van der Waals surface area contributed by atoms with Gasteiger partial charge in [-0.05, 0) is 56.8 Å². The normalized spacial score (nSPS) is 13.2. The van der Waals surface area contributed by atoms with E-state index in [9.17, 15) is 5.11 Å². The Hall–Kier alpha value is -1.69. The van der Waals surface area contributed by atoms with Crippen molar-refractivity contribution in [3.8, 4) is 0 Å². The average molecular weight is 358 g/mol. The summed E-state index contributed by atoms with van der Waals surface area (Å²) in [5.74, 6) is 1.06. The lowest BCUT2D eigenvalue weighted by Gasteiger charge is -2.24. The van der Waals surface area contributed by atoms with Gasteiger partial charge in [0.15, 0.2) is 0 Å². The van der Waals surface area contributed by atoms with Gasteiger partial charge in [-0.1, -0.05) is 12.1 Å². The lowest BCUT2D eigenvalue weighted by atomic mass is 10.2. The number of nitrogens with zero attached hydrogens (tertiary/aromatic N) is 3. The molecule has 0 radical (unpaired) electrons. The molecule has 2 heterocycles. The van der Waals surface area contributed by atoms with E-state index in [2.05, 4.69) is 59.9 Å². The number of aliphatic hydroxyl groups is 1. The van der Waals surface area contributed by atoms with Crippen LogP contribution in [0.4, 0.5) is 0 Å². The van der Waals surface area contributed by atoms with Crippen LogP contribution in [0.3, 0.4) is 0 Å². The zero-order valence-corrected chi connectivity index (χ0v) is 16.3. The molecule has 0 unspecified atom stereocenters. The van der Waals surface area contributed by atoms with Gasteiger partial charge in [0.25, 0.3) is 0 Å². The van der Waals surface area contributed by atoms with Gasteiger partial charge in [0, 0.05) is 24.0 Å². The van der Waals surface area contributed by atoms with Gasteiger partial charge in [-0.3, -0.25) is 4.90 Å². The molecule has 0 fully saturated rings. The van der Waals surface area contributed by atoms with Crippen molar-refractivity contribution < 1.29 is 5.11 Å². The molecule has 0 aliphatic rings. The first-order chi connectivity index (χ1) is 12.0. The number of para-hydroxylation sites is 2. The summed E-state index contributed by atoms with van der Waals surface area (Å²) in [6, 6.07) is 10.8. The van der Waals surface area contributed by atoms with Crippen molar-refractivity contribution in [3.63, 3.8) is 0 Å². The van der Waals surface area contributed by atoms with Crippen LogP contribution < -0.4 is 0 Å². The van der Waals surface area contributed by atoms with E-state index in [0.29, 0.717) is 12.6 Å². The molecule has 0 spiro atoms. The van der Waals surface area contributed by atoms with E-state index >= 15 is 0 Å². The first kappa shape index (κ1) is 18.1. The van der Waals surface area contributed by atoms with Gasteiger partial charge in [0.1, 0.15) is 5.82 Å². The van der Waals surface area contributed by atoms with E-state index in [1.54, 1.807) is 11.3 Å². The number of imidazole rings is 1. The minimum atomic E-state index is -0.364. The monoisotopic (exact) mass is 357 g/mol. The highest BCUT2D eigenvalue weighted by molar-refractivity contribution is 7.10. The van der Waals surface area contributed by atoms with Crippen LogP contribution in [0.1, 0.15) is 43.1 Å². The Morgan fingerprint density at radius 2 is 1.92 bits per heavy atom. The Morgan fingerprint density at radius 3 is 2.56 bits per heavy atom. The van der Waals surface area contributed by atoms with Crippen molar-refractivity contribution in [3.05, 3.63) is 52.0 Å². The Kier molecular flexibility index (Phi) is 5.57. The number of hydrogen-bond acceptors (Lipinski definition) is 4. The third-order valence-electron chi connectivity index (χ3n) is 4.41. The minimum Gasteiger partial charge on any atom is -0.392 e. The molecule has 0 bridgehead atoms. The van der Waals surface area contributed by atoms with E-state index in [4.69, 9.17) is 4.98 Å². The summed E-state index contributed by atoms with van der Waals surface area (Å²) in [4.78, 5) is 8.53. The molecule has 1 atom stereocenters. The number of aromatic nitrogens is 2. The molecule has 4 nitrogen and oxygen atoms in total. The molecule has 5 heteroatoms. The fraction of sp³-hybridized carbons (Fsp3) is 0.450. The second kappa shape index (κ2) is 7.68. The number of hydrogen-bond donors (Lipinski definition) is 1. The highest BCUT2D eigenvalue weighted by atomic mass is 32.1. The molecule has 25 heavy (non-hydrogen) atoms. The number of thiophene rings is 1. The maximum Gasteiger partial charge on any atom is 0.124 e. The SMILES string of the molecule is Cc1ccsc1CN(Cc1nc2ccccc2n1C(C)C)C[C@@H](C)O. The van der Waals surface area contributed by atoms with Crippen LogP contribution in [0.2, 0.25) is 0 Å². The number of aryl methyl sites for hydroxylation is 1. The van der Waals surface area contributed by atoms with Crippen LogP contribution in [-0.2, 0) is 13.1 Å². The third-order valence-corrected chi connectivity index (χ3v) is 5.42. The molecular weight excluding hydrogens is 330 g/mol. The van der Waals surface area contributed by atoms with Gasteiger partial charge < -0.3 is 9.67 Å². The Bertz CT molecular complexity index is 834. The van der Waals surface area contributed by atoms with E-state index in [0.717, 1.165) is 24.4 Å². The highest BCUT2D eigenvalue weighted by Crippen LogP contribution is 2.24. The van der Waals surface area contributed by atoms with Crippen LogP contribution in [0.15, 0.2) is 35.7 Å². The first-order valence-corrected chi connectivity index (χ1v) is 9.73. The lowest BCUT2D eigenvalue weighted by Crippen LogP contribution is -2.31. The fourth-order valence-corrected chi connectivity index (χ4v) is 4.26. The lowest BCUT2D eigenvalue weighted by molar-refractivity contribution is 0.116. The van der Waals surface area contributed by atoms with Crippen LogP contribution in [0.5, 0.6) is 0 Å². The van der Waals surface area contributed by atoms with Crippen molar-refractivity contribution in [2.45, 2.75) is 52.9 Å². The van der Waals surface area contributed by atoms with Crippen LogP contribution in [0.25, 0.3) is 11.0 Å². The molecule has 1 aromatic carbocycles. The zero-order chi connectivity index (χ0) is 18.0. The average Bonchev–Trinajstić information content (AvgIpc) is 3.10. The summed E-state index contributed by atoms with van der Waals surface area (Å²) in [5.41, 5.74) is 3.53. The summed E-state index contributed by atoms with van der Waals surface area (Å²) in [7, 11) is 0. The standard InChI is InChI=1S/C20H27N3OS/c1-14(2)23-18-8-6-5-7-17(18)21-20(23)13-22(11-16(4)24)12-19-15(3)9-10-25-19/h5-10,14,16,24H,11-13H2,1-4H3/t16-/m1/s1. The quantitative estimate of drug-likeness (QED) is 0.683. The Morgan fingerprint density at radius 1 is 1.16 bits per heavy atom. The van der Waals surface area contributed by atoms with E-state index in [-0.39, 0.29) is 6.10 Å². The predicted molar refractivity (Wildman–Crippen MR) is 105 cm³/mol. The molecule has 0 saturated heterocycles. The van der Waals surface area contributed by atoms with Gasteiger partial charge >= 0.3 is 0 Å². The topological polar surface area (TPSA) is 41.3 Å². The Labute approximate surface area is 153 Å². The molecule has 134 valence electrons. The van der Waals surface area contributed by atoms with Crippen molar-refractivity contribution >= 4 is 22.4 Å². The van der Waals surface area contributed by atoms with Crippen LogP contribution in [0, 0.1) is 6.92 Å². The number of rotatable bonds is 7. The van der Waals surface area contributed by atoms with Crippen molar-refractivity contribution in [2.24, 2.45) is 0 Å². The summed E-state index contributed by atoms with van der Waals surface area (Å²) in [6.45, 7) is 10.6. The third kappa shape index (κ3) is 4.11. The van der Waals surface area contributed by atoms with Gasteiger partial charge in [0.2, 0.25) is 0 Å². The second-order valence-corrected chi connectivity index (χ2v) is 8.03. The number of benzene rings is 1. The highest BCUT2D eigenvalue weighted by Gasteiger charge is 2.18. The van der Waals surface area contributed by atoms with Crippen molar-refractivity contribution in [1.29, 1.82) is 0 Å². The number of fused-ring (bicyclic) bond motifs is 1. The molecular formula is C20H27N3OS. The molecule has 0 aliphatic carbocycles. The molecule has 1 N–H and O–H groups in total. The maximum atomic E-state index is 9.95. The zero-order valence-electron chi connectivity index (χ0n) is 15.4. The summed E-state index contributed by atoms with van der Waals surface area (Å²) >= 11 is 1.78. The first-order valence-electron chi connectivity index (χ1n) is 8.85. The van der Waals surface area contributed by atoms with E-state index in [1.165, 1.54) is 16.0 Å². The molecule has 0 amide bonds. The van der Waals surface area contributed by atoms with Crippen molar-refractivity contribution in [2.75, 3.05) is 6.54 Å². The van der Waals surface area contributed by atoms with Crippen LogP contribution >= 0.6 is 11.3 Å². The molecule has 2 aromatic heterocycles. The Balaban J connectivity index is 1.92. The van der Waals surface area contributed by atoms with E-state index in [1.807, 2.05) is 13.0 Å². The maximum absolute atomic E-state index is 9.95. The second-order valence-electron chi connectivity index (χ2n) is 7.03. The van der Waals surface area contributed by atoms with E-state index < -0.39 is 0 Å². The molecule has 0 saturated carbocycles. The molecule has 3 aromatic rings. The van der Waals surface area contributed by atoms with Crippen LogP contribution in [-0.4, -0.2) is 32.2 Å². The fourth-order valence-electron chi connectivity index (χ4n) is 3.31. The van der Waals surface area contributed by atoms with Gasteiger partial charge in [-0.15, -0.1) is 11.3 Å². The summed E-state index contributed by atoms with van der Waals surface area (Å²) in [6.07, 6.45) is -0.364. The largest absolute Gasteiger partial charge is 0.392 e. The minimum absolute atomic E-state index is 0.347. The van der Waals surface area contributed by atoms with Gasteiger partial charge in [-0.2, -0.15) is 0 Å². The number of aliphatic hydroxyl groups excluding tert-OH is 1.